The Morgan fingerprint density at radius 2 is 2.09 bits per heavy atom. The molecule has 0 unspecified atom stereocenters. The van der Waals surface area contributed by atoms with E-state index in [0.29, 0.717) is 31.8 Å². The van der Waals surface area contributed by atoms with Crippen LogP contribution in [0.2, 0.25) is 5.02 Å². The zero-order chi connectivity index (χ0) is 23.3. The van der Waals surface area contributed by atoms with Crippen molar-refractivity contribution in [3.05, 3.63) is 63.0 Å². The van der Waals surface area contributed by atoms with Crippen molar-refractivity contribution < 1.29 is 14.3 Å². The molecule has 0 atom stereocenters. The maximum Gasteiger partial charge on any atom is 0.411 e. The molecule has 164 valence electrons. The molecule has 2 aromatic heterocycles. The number of aromatic nitrogens is 3. The number of carbonyl (C=O) groups is 2. The molecule has 0 aliphatic rings. The molecule has 1 aromatic carbocycles. The van der Waals surface area contributed by atoms with Crippen LogP contribution in [0.5, 0.6) is 0 Å². The third-order valence-electron chi connectivity index (χ3n) is 4.10. The predicted octanol–water partition coefficient (Wildman–Crippen LogP) is 5.06. The Morgan fingerprint density at radius 3 is 2.78 bits per heavy atom. The number of alkyl halides is 1. The summed E-state index contributed by atoms with van der Waals surface area (Å²) in [6.07, 6.45) is 0.812. The summed E-state index contributed by atoms with van der Waals surface area (Å²) in [4.78, 5) is 29.4. The van der Waals surface area contributed by atoms with Crippen LogP contribution in [0.3, 0.4) is 0 Å². The van der Waals surface area contributed by atoms with E-state index in [9.17, 15) is 14.9 Å². The minimum atomic E-state index is -0.720. The number of benzene rings is 1. The van der Waals surface area contributed by atoms with Gasteiger partial charge in [0.25, 0.3) is 5.91 Å². The fraction of sp³-hybridized carbons (Fsp3) is 0.150. The lowest BCUT2D eigenvalue weighted by Crippen LogP contribution is -2.21. The number of rotatable bonds is 6. The summed E-state index contributed by atoms with van der Waals surface area (Å²) in [6, 6.07) is 9.86. The predicted molar refractivity (Wildman–Crippen MR) is 127 cm³/mol. The maximum atomic E-state index is 13.2. The highest BCUT2D eigenvalue weighted by molar-refractivity contribution is 9.10. The first kappa shape index (κ1) is 23.7. The van der Waals surface area contributed by atoms with Gasteiger partial charge in [-0.25, -0.2) is 14.5 Å². The van der Waals surface area contributed by atoms with Gasteiger partial charge in [-0.15, -0.1) is 0 Å². The van der Waals surface area contributed by atoms with E-state index in [-0.39, 0.29) is 23.8 Å². The zero-order valence-electron chi connectivity index (χ0n) is 16.5. The standard InChI is InChI=1S/C20H15Br2ClN6O3/c1-11-7-12(10-24)8-14(26-20(31)32-6-4-21)17(11)27-19(30)15-9-16(22)28-29(15)18-13(23)3-2-5-25-18/h2-3,5,7-9H,4,6H2,1H3,(H,26,31)(H,27,30). The van der Waals surface area contributed by atoms with Crippen molar-refractivity contribution in [2.75, 3.05) is 22.6 Å². The van der Waals surface area contributed by atoms with Crippen LogP contribution in [0.4, 0.5) is 16.2 Å². The van der Waals surface area contributed by atoms with Crippen LogP contribution in [0.25, 0.3) is 5.82 Å². The average Bonchev–Trinajstić information content (AvgIpc) is 3.16. The van der Waals surface area contributed by atoms with Gasteiger partial charge in [0.05, 0.1) is 28.0 Å². The van der Waals surface area contributed by atoms with Crippen molar-refractivity contribution in [1.82, 2.24) is 14.8 Å². The summed E-state index contributed by atoms with van der Waals surface area (Å²) >= 11 is 12.7. The molecule has 0 bridgehead atoms. The molecule has 0 saturated carbocycles. The van der Waals surface area contributed by atoms with Gasteiger partial charge < -0.3 is 10.1 Å². The first-order valence-electron chi connectivity index (χ1n) is 9.06. The number of nitriles is 1. The Bertz CT molecular complexity index is 1220. The van der Waals surface area contributed by atoms with Gasteiger partial charge in [-0.05, 0) is 52.7 Å². The molecule has 0 fully saturated rings. The highest BCUT2D eigenvalue weighted by Gasteiger charge is 2.21. The molecule has 0 radical (unpaired) electrons. The number of halogens is 3. The number of nitrogens with zero attached hydrogens (tertiary/aromatic N) is 4. The van der Waals surface area contributed by atoms with Crippen molar-refractivity contribution in [2.24, 2.45) is 0 Å². The highest BCUT2D eigenvalue weighted by atomic mass is 79.9. The second-order valence-electron chi connectivity index (χ2n) is 6.30. The molecule has 32 heavy (non-hydrogen) atoms. The number of nitrogens with one attached hydrogen (secondary N) is 2. The second-order valence-corrected chi connectivity index (χ2v) is 8.32. The lowest BCUT2D eigenvalue weighted by Gasteiger charge is -2.16. The summed E-state index contributed by atoms with van der Waals surface area (Å²) < 4.78 is 6.72. The summed E-state index contributed by atoms with van der Waals surface area (Å²) in [5, 5.41) is 19.6. The number of hydrogen-bond donors (Lipinski definition) is 2. The summed E-state index contributed by atoms with van der Waals surface area (Å²) in [5.74, 6) is -0.257. The number of anilines is 2. The van der Waals surface area contributed by atoms with Gasteiger partial charge in [0.2, 0.25) is 0 Å². The Morgan fingerprint density at radius 1 is 1.31 bits per heavy atom. The molecule has 2 heterocycles. The van der Waals surface area contributed by atoms with E-state index in [1.54, 1.807) is 25.1 Å². The third kappa shape index (κ3) is 5.45. The first-order chi connectivity index (χ1) is 15.3. The summed E-state index contributed by atoms with van der Waals surface area (Å²) in [5.41, 5.74) is 1.55. The average molecular weight is 583 g/mol. The number of hydrogen-bond acceptors (Lipinski definition) is 6. The minimum absolute atomic E-state index is 0.147. The lowest BCUT2D eigenvalue weighted by atomic mass is 10.1. The van der Waals surface area contributed by atoms with E-state index in [4.69, 9.17) is 16.3 Å². The van der Waals surface area contributed by atoms with E-state index < -0.39 is 12.0 Å². The van der Waals surface area contributed by atoms with Crippen LogP contribution in [0, 0.1) is 18.3 Å². The van der Waals surface area contributed by atoms with E-state index in [0.717, 1.165) is 0 Å². The smallest absolute Gasteiger partial charge is 0.411 e. The largest absolute Gasteiger partial charge is 0.448 e. The fourth-order valence-electron chi connectivity index (χ4n) is 2.78. The van der Waals surface area contributed by atoms with Crippen molar-refractivity contribution >= 4 is 66.8 Å². The highest BCUT2D eigenvalue weighted by Crippen LogP contribution is 2.29. The summed E-state index contributed by atoms with van der Waals surface area (Å²) in [6.45, 7) is 1.86. The Hall–Kier alpha value is -2.94. The fourth-order valence-corrected chi connectivity index (χ4v) is 3.52. The van der Waals surface area contributed by atoms with Gasteiger partial charge in [0.1, 0.15) is 16.9 Å². The number of amides is 2. The maximum absolute atomic E-state index is 13.2. The van der Waals surface area contributed by atoms with Crippen molar-refractivity contribution in [3.8, 4) is 11.9 Å². The van der Waals surface area contributed by atoms with Gasteiger partial charge >= 0.3 is 6.09 Å². The third-order valence-corrected chi connectivity index (χ3v) is 5.11. The molecule has 0 saturated heterocycles. The molecule has 12 heteroatoms. The van der Waals surface area contributed by atoms with Gasteiger partial charge in [-0.1, -0.05) is 27.5 Å². The summed E-state index contributed by atoms with van der Waals surface area (Å²) in [7, 11) is 0. The second kappa shape index (κ2) is 10.6. The number of aryl methyl sites for hydroxylation is 1. The van der Waals surface area contributed by atoms with Crippen molar-refractivity contribution in [1.29, 1.82) is 5.26 Å². The van der Waals surface area contributed by atoms with Crippen LogP contribution < -0.4 is 10.6 Å². The van der Waals surface area contributed by atoms with Crippen LogP contribution in [-0.2, 0) is 4.74 Å². The molecular formula is C20H15Br2ClN6O3. The van der Waals surface area contributed by atoms with E-state index in [2.05, 4.69) is 52.6 Å². The van der Waals surface area contributed by atoms with Gasteiger partial charge in [-0.2, -0.15) is 10.4 Å². The SMILES string of the molecule is Cc1cc(C#N)cc(NC(=O)OCCBr)c1NC(=O)c1cc(Br)nn1-c1ncccc1Cl. The van der Waals surface area contributed by atoms with E-state index >= 15 is 0 Å². The monoisotopic (exact) mass is 580 g/mol. The topological polar surface area (TPSA) is 122 Å². The first-order valence-corrected chi connectivity index (χ1v) is 11.4. The molecule has 0 aliphatic carbocycles. The molecule has 2 amide bonds. The van der Waals surface area contributed by atoms with Crippen LogP contribution in [0.1, 0.15) is 21.6 Å². The molecule has 3 aromatic rings. The Balaban J connectivity index is 1.97. The molecular weight excluding hydrogens is 568 g/mol. The molecule has 0 spiro atoms. The molecule has 9 nitrogen and oxygen atoms in total. The molecule has 0 aliphatic heterocycles. The van der Waals surface area contributed by atoms with Crippen molar-refractivity contribution in [2.45, 2.75) is 6.92 Å². The normalized spacial score (nSPS) is 10.3. The quantitative estimate of drug-likeness (QED) is 0.392. The van der Waals surface area contributed by atoms with Crippen LogP contribution in [0.15, 0.2) is 41.1 Å². The minimum Gasteiger partial charge on any atom is -0.448 e. The van der Waals surface area contributed by atoms with Crippen molar-refractivity contribution in [3.63, 3.8) is 0 Å². The van der Waals surface area contributed by atoms with Gasteiger partial charge in [0, 0.05) is 17.6 Å². The number of carbonyl (C=O) groups excluding carboxylic acids is 2. The van der Waals surface area contributed by atoms with E-state index in [1.165, 1.54) is 23.0 Å². The Labute approximate surface area is 205 Å². The number of ether oxygens (including phenoxy) is 1. The van der Waals surface area contributed by atoms with E-state index in [1.807, 2.05) is 6.07 Å². The van der Waals surface area contributed by atoms with Gasteiger partial charge in [0.15, 0.2) is 5.82 Å². The lowest BCUT2D eigenvalue weighted by molar-refractivity contribution is 0.101. The van der Waals surface area contributed by atoms with Gasteiger partial charge in [-0.3, -0.25) is 10.1 Å². The zero-order valence-corrected chi connectivity index (χ0v) is 20.5. The van der Waals surface area contributed by atoms with Crippen LogP contribution in [-0.4, -0.2) is 38.7 Å². The Kier molecular flexibility index (Phi) is 7.84. The molecule has 3 rings (SSSR count). The van der Waals surface area contributed by atoms with Crippen LogP contribution >= 0.6 is 43.5 Å². The molecule has 2 N–H and O–H groups in total. The number of pyridine rings is 1.